The molecule has 0 radical (unpaired) electrons. The van der Waals surface area contributed by atoms with E-state index in [1.165, 1.54) is 10.6 Å². The molecule has 0 spiro atoms. The Kier molecular flexibility index (Phi) is 10.5. The van der Waals surface area contributed by atoms with Crippen LogP contribution in [0.1, 0.15) is 62.3 Å². The lowest BCUT2D eigenvalue weighted by Gasteiger charge is -2.30. The van der Waals surface area contributed by atoms with Gasteiger partial charge in [-0.25, -0.2) is 8.42 Å². The minimum atomic E-state index is -3.53. The molecule has 2 aromatic carbocycles. The maximum Gasteiger partial charge on any atom is 0.242 e. The molecule has 2 atom stereocenters. The van der Waals surface area contributed by atoms with Crippen LogP contribution in [0, 0.1) is 20.8 Å². The second kappa shape index (κ2) is 12.9. The quantitative estimate of drug-likeness (QED) is 0.451. The summed E-state index contributed by atoms with van der Waals surface area (Å²) < 4.78 is 26.5. The summed E-state index contributed by atoms with van der Waals surface area (Å²) in [5, 5.41) is 2.97. The first-order valence-electron chi connectivity index (χ1n) is 12.5. The van der Waals surface area contributed by atoms with Crippen LogP contribution in [0.5, 0.6) is 0 Å². The lowest BCUT2D eigenvalue weighted by molar-refractivity contribution is -0.140. The highest BCUT2D eigenvalue weighted by atomic mass is 32.2. The zero-order chi connectivity index (χ0) is 27.0. The molecule has 0 heterocycles. The molecule has 0 aliphatic carbocycles. The van der Waals surface area contributed by atoms with Crippen LogP contribution in [0.15, 0.2) is 42.5 Å². The maximum absolute atomic E-state index is 13.4. The Hall–Kier alpha value is -2.87. The second-order valence-corrected chi connectivity index (χ2v) is 11.6. The molecule has 0 aliphatic rings. The normalized spacial score (nSPS) is 13.1. The van der Waals surface area contributed by atoms with Gasteiger partial charge in [0.15, 0.2) is 0 Å². The minimum Gasteiger partial charge on any atom is -0.352 e. The lowest BCUT2D eigenvalue weighted by atomic mass is 10.1. The van der Waals surface area contributed by atoms with Gasteiger partial charge in [-0.3, -0.25) is 13.9 Å². The molecule has 0 aliphatic heterocycles. The lowest BCUT2D eigenvalue weighted by Crippen LogP contribution is -2.49. The molecule has 0 fully saturated rings. The Balaban J connectivity index is 2.21. The third kappa shape index (κ3) is 8.08. The van der Waals surface area contributed by atoms with Gasteiger partial charge in [-0.2, -0.15) is 0 Å². The zero-order valence-corrected chi connectivity index (χ0v) is 23.5. The third-order valence-electron chi connectivity index (χ3n) is 6.60. The molecule has 0 aromatic heterocycles. The molecule has 2 rings (SSSR count). The molecular formula is C28H41N3O4S. The minimum absolute atomic E-state index is 0.0109. The van der Waals surface area contributed by atoms with Gasteiger partial charge in [0, 0.05) is 25.6 Å². The van der Waals surface area contributed by atoms with Crippen molar-refractivity contribution in [3.05, 3.63) is 64.7 Å². The molecule has 0 bridgehead atoms. The maximum atomic E-state index is 13.4. The molecule has 198 valence electrons. The Morgan fingerprint density at radius 2 is 1.69 bits per heavy atom. The average molecular weight is 516 g/mol. The van der Waals surface area contributed by atoms with Gasteiger partial charge in [-0.05, 0) is 70.2 Å². The molecule has 0 saturated heterocycles. The number of rotatable bonds is 12. The van der Waals surface area contributed by atoms with Gasteiger partial charge in [-0.15, -0.1) is 0 Å². The summed E-state index contributed by atoms with van der Waals surface area (Å²) in [7, 11) is -3.53. The molecular weight excluding hydrogens is 474 g/mol. The van der Waals surface area contributed by atoms with E-state index in [4.69, 9.17) is 0 Å². The molecule has 0 saturated carbocycles. The zero-order valence-electron chi connectivity index (χ0n) is 22.7. The monoisotopic (exact) mass is 515 g/mol. The van der Waals surface area contributed by atoms with E-state index >= 15 is 0 Å². The Bertz CT molecular complexity index is 1160. The number of nitrogens with one attached hydrogen (secondary N) is 1. The van der Waals surface area contributed by atoms with Crippen molar-refractivity contribution in [2.75, 3.05) is 17.1 Å². The first-order chi connectivity index (χ1) is 16.8. The van der Waals surface area contributed by atoms with Crippen LogP contribution in [0.4, 0.5) is 5.69 Å². The molecule has 0 unspecified atom stereocenters. The van der Waals surface area contributed by atoms with Gasteiger partial charge in [0.2, 0.25) is 21.8 Å². The highest BCUT2D eigenvalue weighted by molar-refractivity contribution is 7.92. The van der Waals surface area contributed by atoms with E-state index < -0.39 is 16.1 Å². The summed E-state index contributed by atoms with van der Waals surface area (Å²) in [4.78, 5) is 27.9. The fourth-order valence-corrected chi connectivity index (χ4v) is 5.06. The summed E-state index contributed by atoms with van der Waals surface area (Å²) in [5.74, 6) is -0.378. The predicted octanol–water partition coefficient (Wildman–Crippen LogP) is 4.49. The first kappa shape index (κ1) is 29.4. The van der Waals surface area contributed by atoms with Crippen LogP contribution < -0.4 is 9.62 Å². The van der Waals surface area contributed by atoms with E-state index in [0.717, 1.165) is 28.7 Å². The number of hydrogen-bond acceptors (Lipinski definition) is 4. The summed E-state index contributed by atoms with van der Waals surface area (Å²) in [6, 6.07) is 12.8. The fraction of sp³-hybridized carbons (Fsp3) is 0.500. The van der Waals surface area contributed by atoms with Crippen molar-refractivity contribution in [1.82, 2.24) is 10.2 Å². The number of carbonyl (C=O) groups is 2. The molecule has 36 heavy (non-hydrogen) atoms. The Morgan fingerprint density at radius 1 is 1.03 bits per heavy atom. The summed E-state index contributed by atoms with van der Waals surface area (Å²) in [5.41, 5.74) is 4.55. The van der Waals surface area contributed by atoms with Crippen molar-refractivity contribution in [1.29, 1.82) is 0 Å². The number of sulfonamides is 1. The number of carbonyl (C=O) groups excluding carboxylic acids is 2. The van der Waals surface area contributed by atoms with E-state index in [9.17, 15) is 18.0 Å². The number of nitrogens with zero attached hydrogens (tertiary/aromatic N) is 2. The Labute approximate surface area is 216 Å². The van der Waals surface area contributed by atoms with Crippen molar-refractivity contribution in [3.63, 3.8) is 0 Å². The van der Waals surface area contributed by atoms with Gasteiger partial charge in [0.1, 0.15) is 6.04 Å². The van der Waals surface area contributed by atoms with Gasteiger partial charge in [-0.1, -0.05) is 48.9 Å². The number of anilines is 1. The standard InChI is InChI=1S/C28H41N3O4S/c1-8-22(4)29-28(33)24(6)30(19-25-14-9-12-20(2)18-25)27(32)16-11-17-31(36(7,34)35)26-15-10-13-21(3)23(26)5/h9-10,12-15,18,22,24H,8,11,16-17,19H2,1-7H3,(H,29,33)/t22-,24+/m0/s1. The second-order valence-electron chi connectivity index (χ2n) is 9.66. The first-order valence-corrected chi connectivity index (χ1v) is 14.4. The predicted molar refractivity (Wildman–Crippen MR) is 146 cm³/mol. The summed E-state index contributed by atoms with van der Waals surface area (Å²) >= 11 is 0. The number of benzene rings is 2. The van der Waals surface area contributed by atoms with E-state index in [1.54, 1.807) is 17.9 Å². The van der Waals surface area contributed by atoms with Gasteiger partial charge in [0.05, 0.1) is 11.9 Å². The van der Waals surface area contributed by atoms with E-state index in [1.807, 2.05) is 71.0 Å². The molecule has 2 aromatic rings. The topological polar surface area (TPSA) is 86.8 Å². The number of aryl methyl sites for hydroxylation is 2. The highest BCUT2D eigenvalue weighted by Gasteiger charge is 2.27. The van der Waals surface area contributed by atoms with Crippen molar-refractivity contribution >= 4 is 27.5 Å². The number of amides is 2. The van der Waals surface area contributed by atoms with Crippen molar-refractivity contribution < 1.29 is 18.0 Å². The molecule has 1 N–H and O–H groups in total. The van der Waals surface area contributed by atoms with Crippen LogP contribution in [-0.2, 0) is 26.2 Å². The van der Waals surface area contributed by atoms with E-state index in [-0.39, 0.29) is 30.8 Å². The van der Waals surface area contributed by atoms with Crippen LogP contribution >= 0.6 is 0 Å². The van der Waals surface area contributed by atoms with Crippen molar-refractivity contribution in [3.8, 4) is 0 Å². The van der Waals surface area contributed by atoms with Crippen molar-refractivity contribution in [2.24, 2.45) is 0 Å². The van der Waals surface area contributed by atoms with E-state index in [2.05, 4.69) is 5.32 Å². The molecule has 2 amide bonds. The summed E-state index contributed by atoms with van der Waals surface area (Å²) in [6.07, 6.45) is 2.44. The number of hydrogen-bond donors (Lipinski definition) is 1. The average Bonchev–Trinajstić information content (AvgIpc) is 2.81. The fourth-order valence-electron chi connectivity index (χ4n) is 4.04. The van der Waals surface area contributed by atoms with Crippen molar-refractivity contribution in [2.45, 2.75) is 79.4 Å². The molecule has 7 nitrogen and oxygen atoms in total. The largest absolute Gasteiger partial charge is 0.352 e. The Morgan fingerprint density at radius 3 is 2.31 bits per heavy atom. The third-order valence-corrected chi connectivity index (χ3v) is 7.78. The SMILES string of the molecule is CC[C@H](C)NC(=O)[C@@H](C)N(Cc1cccc(C)c1)C(=O)CCCN(c1cccc(C)c1C)S(C)(=O)=O. The van der Waals surface area contributed by atoms with E-state index in [0.29, 0.717) is 18.7 Å². The van der Waals surface area contributed by atoms with Crippen LogP contribution in [0.2, 0.25) is 0 Å². The van der Waals surface area contributed by atoms with Gasteiger partial charge in [0.25, 0.3) is 0 Å². The molecule has 8 heteroatoms. The van der Waals surface area contributed by atoms with Crippen LogP contribution in [0.3, 0.4) is 0 Å². The van der Waals surface area contributed by atoms with Crippen LogP contribution in [-0.4, -0.2) is 50.0 Å². The van der Waals surface area contributed by atoms with Crippen LogP contribution in [0.25, 0.3) is 0 Å². The summed E-state index contributed by atoms with van der Waals surface area (Å²) in [6.45, 7) is 12.0. The van der Waals surface area contributed by atoms with Gasteiger partial charge < -0.3 is 10.2 Å². The van der Waals surface area contributed by atoms with Gasteiger partial charge >= 0.3 is 0 Å². The highest BCUT2D eigenvalue weighted by Crippen LogP contribution is 2.25. The smallest absolute Gasteiger partial charge is 0.242 e.